The lowest BCUT2D eigenvalue weighted by Crippen LogP contribution is -2.37. The second kappa shape index (κ2) is 7.05. The number of carbonyl (C=O) groups excluding carboxylic acids is 1. The second-order valence-electron chi connectivity index (χ2n) is 5.97. The number of hydrogen-bond acceptors (Lipinski definition) is 4. The first-order valence-corrected chi connectivity index (χ1v) is 7.59. The zero-order valence-electron chi connectivity index (χ0n) is 13.1. The number of aliphatic hydroxyl groups excluding tert-OH is 1. The molecule has 4 nitrogen and oxygen atoms in total. The maximum Gasteiger partial charge on any atom is 0.305 e. The number of aryl methyl sites for hydroxylation is 2. The van der Waals surface area contributed by atoms with Gasteiger partial charge in [0.1, 0.15) is 0 Å². The van der Waals surface area contributed by atoms with Crippen LogP contribution in [0.4, 0.5) is 0 Å². The standard InChI is InChI=1S/C17H25NO3/c1-11-4-5-12(2)14(10-11)17(20)15(18-13-6-7-13)8-9-16(19)21-3/h4-5,10,13,15,17-18,20H,6-9H2,1-3H3. The van der Waals surface area contributed by atoms with Crippen molar-refractivity contribution >= 4 is 5.97 Å². The third-order valence-electron chi connectivity index (χ3n) is 4.05. The molecular formula is C17H25NO3. The lowest BCUT2D eigenvalue weighted by molar-refractivity contribution is -0.141. The van der Waals surface area contributed by atoms with E-state index in [9.17, 15) is 9.90 Å². The average Bonchev–Trinajstić information content (AvgIpc) is 3.28. The second-order valence-corrected chi connectivity index (χ2v) is 5.97. The number of hydrogen-bond donors (Lipinski definition) is 2. The van der Waals surface area contributed by atoms with Gasteiger partial charge < -0.3 is 15.2 Å². The number of esters is 1. The van der Waals surface area contributed by atoms with Gasteiger partial charge in [-0.25, -0.2) is 0 Å². The molecule has 0 heterocycles. The molecule has 2 unspecified atom stereocenters. The minimum absolute atomic E-state index is 0.114. The van der Waals surface area contributed by atoms with E-state index in [4.69, 9.17) is 4.74 Å². The molecule has 0 aromatic heterocycles. The molecule has 0 spiro atoms. The van der Waals surface area contributed by atoms with Gasteiger partial charge >= 0.3 is 5.97 Å². The third kappa shape index (κ3) is 4.55. The predicted molar refractivity (Wildman–Crippen MR) is 82.1 cm³/mol. The fourth-order valence-electron chi connectivity index (χ4n) is 2.56. The maximum atomic E-state index is 11.4. The van der Waals surface area contributed by atoms with Crippen molar-refractivity contribution in [2.75, 3.05) is 7.11 Å². The average molecular weight is 291 g/mol. The highest BCUT2D eigenvalue weighted by molar-refractivity contribution is 5.69. The number of carbonyl (C=O) groups is 1. The number of benzene rings is 1. The highest BCUT2D eigenvalue weighted by Crippen LogP contribution is 2.28. The number of rotatable bonds is 7. The fraction of sp³-hybridized carbons (Fsp3) is 0.588. The molecule has 0 bridgehead atoms. The topological polar surface area (TPSA) is 58.6 Å². The van der Waals surface area contributed by atoms with Crippen molar-refractivity contribution in [2.45, 2.75) is 57.7 Å². The molecule has 2 N–H and O–H groups in total. The highest BCUT2D eigenvalue weighted by Gasteiger charge is 2.30. The van der Waals surface area contributed by atoms with Crippen LogP contribution in [-0.4, -0.2) is 30.3 Å². The van der Waals surface area contributed by atoms with Crippen molar-refractivity contribution in [3.8, 4) is 0 Å². The van der Waals surface area contributed by atoms with E-state index in [0.29, 0.717) is 18.9 Å². The summed E-state index contributed by atoms with van der Waals surface area (Å²) in [5.41, 5.74) is 3.15. The first-order valence-electron chi connectivity index (χ1n) is 7.59. The number of nitrogens with one attached hydrogen (secondary N) is 1. The van der Waals surface area contributed by atoms with Gasteiger partial charge in [0.05, 0.1) is 13.2 Å². The van der Waals surface area contributed by atoms with Crippen LogP contribution in [0.5, 0.6) is 0 Å². The van der Waals surface area contributed by atoms with E-state index in [1.807, 2.05) is 32.0 Å². The first kappa shape index (κ1) is 16.0. The maximum absolute atomic E-state index is 11.4. The van der Waals surface area contributed by atoms with Gasteiger partial charge in [0.25, 0.3) is 0 Å². The summed E-state index contributed by atoms with van der Waals surface area (Å²) < 4.78 is 4.70. The Kier molecular flexibility index (Phi) is 5.37. The Labute approximate surface area is 126 Å². The molecule has 0 saturated heterocycles. The lowest BCUT2D eigenvalue weighted by atomic mass is 9.93. The van der Waals surface area contributed by atoms with Gasteiger partial charge in [0, 0.05) is 18.5 Å². The quantitative estimate of drug-likeness (QED) is 0.757. The van der Waals surface area contributed by atoms with Gasteiger partial charge in [0.2, 0.25) is 0 Å². The summed E-state index contributed by atoms with van der Waals surface area (Å²) in [5.74, 6) is -0.231. The molecule has 0 amide bonds. The smallest absolute Gasteiger partial charge is 0.305 e. The Hall–Kier alpha value is -1.39. The van der Waals surface area contributed by atoms with E-state index in [2.05, 4.69) is 5.32 Å². The lowest BCUT2D eigenvalue weighted by Gasteiger charge is -2.26. The third-order valence-corrected chi connectivity index (χ3v) is 4.05. The van der Waals surface area contributed by atoms with Crippen molar-refractivity contribution in [3.05, 3.63) is 34.9 Å². The zero-order chi connectivity index (χ0) is 15.4. The van der Waals surface area contributed by atoms with Crippen LogP contribution in [0, 0.1) is 13.8 Å². The van der Waals surface area contributed by atoms with Gasteiger partial charge in [-0.05, 0) is 44.2 Å². The van der Waals surface area contributed by atoms with Crippen LogP contribution in [0.25, 0.3) is 0 Å². The van der Waals surface area contributed by atoms with E-state index in [0.717, 1.165) is 29.5 Å². The molecule has 1 aliphatic carbocycles. The Morgan fingerprint density at radius 3 is 2.76 bits per heavy atom. The van der Waals surface area contributed by atoms with Gasteiger partial charge in [0.15, 0.2) is 0 Å². The van der Waals surface area contributed by atoms with Crippen LogP contribution in [0.15, 0.2) is 18.2 Å². The van der Waals surface area contributed by atoms with Crippen LogP contribution in [0.3, 0.4) is 0 Å². The Bertz CT molecular complexity index is 497. The van der Waals surface area contributed by atoms with Crippen LogP contribution >= 0.6 is 0 Å². The summed E-state index contributed by atoms with van der Waals surface area (Å²) in [5, 5.41) is 14.2. The summed E-state index contributed by atoms with van der Waals surface area (Å²) in [4.78, 5) is 11.4. The summed E-state index contributed by atoms with van der Waals surface area (Å²) in [6, 6.07) is 6.47. The summed E-state index contributed by atoms with van der Waals surface area (Å²) >= 11 is 0. The van der Waals surface area contributed by atoms with E-state index < -0.39 is 6.10 Å². The minimum atomic E-state index is -0.602. The molecule has 116 valence electrons. The predicted octanol–water partition coefficient (Wildman–Crippen LogP) is 2.41. The monoisotopic (exact) mass is 291 g/mol. The fourth-order valence-corrected chi connectivity index (χ4v) is 2.56. The molecule has 0 aliphatic heterocycles. The van der Waals surface area contributed by atoms with Crippen LogP contribution < -0.4 is 5.32 Å². The number of aliphatic hydroxyl groups is 1. The molecule has 0 radical (unpaired) electrons. The van der Waals surface area contributed by atoms with Crippen LogP contribution in [0.2, 0.25) is 0 Å². The molecule has 21 heavy (non-hydrogen) atoms. The molecule has 1 aromatic carbocycles. The normalized spacial score (nSPS) is 17.3. The van der Waals surface area contributed by atoms with Crippen LogP contribution in [-0.2, 0) is 9.53 Å². The summed E-state index contributed by atoms with van der Waals surface area (Å²) in [6.45, 7) is 4.03. The van der Waals surface area contributed by atoms with Gasteiger partial charge in [-0.2, -0.15) is 0 Å². The Morgan fingerprint density at radius 1 is 1.43 bits per heavy atom. The minimum Gasteiger partial charge on any atom is -0.469 e. The molecule has 2 atom stereocenters. The molecule has 4 heteroatoms. The largest absolute Gasteiger partial charge is 0.469 e. The van der Waals surface area contributed by atoms with Crippen molar-refractivity contribution in [1.29, 1.82) is 0 Å². The van der Waals surface area contributed by atoms with Crippen molar-refractivity contribution in [1.82, 2.24) is 5.32 Å². The number of ether oxygens (including phenoxy) is 1. The molecule has 1 saturated carbocycles. The SMILES string of the molecule is COC(=O)CCC(NC1CC1)C(O)c1cc(C)ccc1C. The summed E-state index contributed by atoms with van der Waals surface area (Å²) in [6.07, 6.45) is 2.60. The van der Waals surface area contributed by atoms with E-state index in [1.165, 1.54) is 7.11 Å². The van der Waals surface area contributed by atoms with Crippen LogP contribution in [0.1, 0.15) is 48.5 Å². The highest BCUT2D eigenvalue weighted by atomic mass is 16.5. The van der Waals surface area contributed by atoms with Crippen molar-refractivity contribution < 1.29 is 14.6 Å². The first-order chi connectivity index (χ1) is 10.0. The van der Waals surface area contributed by atoms with Crippen molar-refractivity contribution in [2.24, 2.45) is 0 Å². The Morgan fingerprint density at radius 2 is 2.14 bits per heavy atom. The van der Waals surface area contributed by atoms with E-state index in [-0.39, 0.29) is 12.0 Å². The van der Waals surface area contributed by atoms with Crippen molar-refractivity contribution in [3.63, 3.8) is 0 Å². The molecular weight excluding hydrogens is 266 g/mol. The zero-order valence-corrected chi connectivity index (χ0v) is 13.1. The molecule has 1 fully saturated rings. The Balaban J connectivity index is 2.10. The molecule has 1 aromatic rings. The van der Waals surface area contributed by atoms with Gasteiger partial charge in [-0.3, -0.25) is 4.79 Å². The van der Waals surface area contributed by atoms with E-state index >= 15 is 0 Å². The van der Waals surface area contributed by atoms with Gasteiger partial charge in [-0.1, -0.05) is 23.8 Å². The molecule has 2 rings (SSSR count). The molecule has 1 aliphatic rings. The van der Waals surface area contributed by atoms with Gasteiger partial charge in [-0.15, -0.1) is 0 Å². The summed E-state index contributed by atoms with van der Waals surface area (Å²) in [7, 11) is 1.40. The number of methoxy groups -OCH3 is 1. The van der Waals surface area contributed by atoms with E-state index in [1.54, 1.807) is 0 Å².